The predicted octanol–water partition coefficient (Wildman–Crippen LogP) is 5.00. The maximum absolute atomic E-state index is 13.1. The fraction of sp³-hybridized carbons (Fsp3) is 0.280. The minimum absolute atomic E-state index is 0.0827. The van der Waals surface area contributed by atoms with Gasteiger partial charge in [-0.1, -0.05) is 30.7 Å². The number of amides is 1. The molecular formula is C25H26ClN3O3S. The Morgan fingerprint density at radius 3 is 2.33 bits per heavy atom. The van der Waals surface area contributed by atoms with Crippen molar-refractivity contribution in [1.82, 2.24) is 9.29 Å². The minimum atomic E-state index is -3.68. The van der Waals surface area contributed by atoms with Crippen LogP contribution in [0.25, 0.3) is 0 Å². The van der Waals surface area contributed by atoms with E-state index in [1.807, 2.05) is 36.4 Å². The van der Waals surface area contributed by atoms with Crippen molar-refractivity contribution in [3.8, 4) is 0 Å². The number of hydrogen-bond donors (Lipinski definition) is 1. The van der Waals surface area contributed by atoms with E-state index in [9.17, 15) is 13.2 Å². The highest BCUT2D eigenvalue weighted by Crippen LogP contribution is 2.27. The van der Waals surface area contributed by atoms with E-state index >= 15 is 0 Å². The number of carbonyl (C=O) groups is 1. The molecular weight excluding hydrogens is 458 g/mol. The van der Waals surface area contributed by atoms with Crippen molar-refractivity contribution in [2.45, 2.75) is 31.1 Å². The van der Waals surface area contributed by atoms with E-state index in [2.05, 4.69) is 17.2 Å². The molecule has 33 heavy (non-hydrogen) atoms. The molecule has 6 nitrogen and oxygen atoms in total. The first-order valence-electron chi connectivity index (χ1n) is 10.9. The predicted molar refractivity (Wildman–Crippen MR) is 130 cm³/mol. The number of pyridine rings is 1. The summed E-state index contributed by atoms with van der Waals surface area (Å²) >= 11 is 6.25. The largest absolute Gasteiger partial charge is 0.322 e. The zero-order valence-corrected chi connectivity index (χ0v) is 19.9. The summed E-state index contributed by atoms with van der Waals surface area (Å²) in [5, 5.41) is 3.01. The van der Waals surface area contributed by atoms with Crippen LogP contribution < -0.4 is 5.32 Å². The summed E-state index contributed by atoms with van der Waals surface area (Å²) in [5.41, 5.74) is 2.98. The molecule has 0 saturated carbocycles. The van der Waals surface area contributed by atoms with E-state index in [0.29, 0.717) is 24.7 Å². The smallest absolute Gasteiger partial charge is 0.257 e. The van der Waals surface area contributed by atoms with Gasteiger partial charge in [-0.05, 0) is 78.8 Å². The lowest BCUT2D eigenvalue weighted by molar-refractivity contribution is 0.102. The van der Waals surface area contributed by atoms with Gasteiger partial charge in [0, 0.05) is 31.2 Å². The lowest BCUT2D eigenvalue weighted by atomic mass is 10.0. The molecule has 0 atom stereocenters. The third kappa shape index (κ3) is 5.61. The van der Waals surface area contributed by atoms with Crippen LogP contribution in [0.2, 0.25) is 5.02 Å². The molecule has 3 aromatic rings. The number of anilines is 1. The summed E-state index contributed by atoms with van der Waals surface area (Å²) < 4.78 is 27.6. The van der Waals surface area contributed by atoms with Gasteiger partial charge in [0.2, 0.25) is 10.0 Å². The van der Waals surface area contributed by atoms with Crippen molar-refractivity contribution in [1.29, 1.82) is 0 Å². The van der Waals surface area contributed by atoms with Crippen LogP contribution in [0.15, 0.2) is 71.9 Å². The third-order valence-electron chi connectivity index (χ3n) is 5.93. The first-order chi connectivity index (χ1) is 15.8. The van der Waals surface area contributed by atoms with Crippen molar-refractivity contribution in [3.63, 3.8) is 0 Å². The van der Waals surface area contributed by atoms with Crippen LogP contribution >= 0.6 is 11.6 Å². The minimum Gasteiger partial charge on any atom is -0.322 e. The number of halogens is 1. The molecule has 1 aliphatic rings. The summed E-state index contributed by atoms with van der Waals surface area (Å²) in [6.45, 7) is 3.10. The van der Waals surface area contributed by atoms with Gasteiger partial charge in [0.15, 0.2) is 0 Å². The Hall–Kier alpha value is -2.74. The highest BCUT2D eigenvalue weighted by atomic mass is 35.5. The van der Waals surface area contributed by atoms with Gasteiger partial charge < -0.3 is 5.32 Å². The summed E-state index contributed by atoms with van der Waals surface area (Å²) in [6.07, 6.45) is 5.94. The molecule has 8 heteroatoms. The number of hydrogen-bond acceptors (Lipinski definition) is 4. The number of benzene rings is 2. The second kappa shape index (κ2) is 10.0. The topological polar surface area (TPSA) is 79.4 Å². The maximum atomic E-state index is 13.1. The number of nitrogens with one attached hydrogen (secondary N) is 1. The molecule has 1 saturated heterocycles. The summed E-state index contributed by atoms with van der Waals surface area (Å²) in [7, 11) is -3.68. The van der Waals surface area contributed by atoms with Gasteiger partial charge in [-0.15, -0.1) is 0 Å². The Kier molecular flexibility index (Phi) is 7.12. The van der Waals surface area contributed by atoms with Gasteiger partial charge in [-0.3, -0.25) is 9.78 Å². The lowest BCUT2D eigenvalue weighted by Gasteiger charge is -2.29. The molecule has 2 aromatic carbocycles. The van der Waals surface area contributed by atoms with Gasteiger partial charge in [0.1, 0.15) is 0 Å². The van der Waals surface area contributed by atoms with Crippen LogP contribution in [-0.4, -0.2) is 36.7 Å². The maximum Gasteiger partial charge on any atom is 0.257 e. The number of sulfonamides is 1. The van der Waals surface area contributed by atoms with E-state index in [4.69, 9.17) is 11.6 Å². The molecule has 1 aromatic heterocycles. The molecule has 1 aliphatic heterocycles. The Balaban J connectivity index is 1.48. The third-order valence-corrected chi connectivity index (χ3v) is 8.16. The standard InChI is InChI=1S/C25H26ClN3O3S/c1-18-10-14-29(15-11-18)33(31,32)22-6-7-24(26)23(17-22)25(30)28-21-4-2-19(3-5-21)16-20-8-12-27-13-9-20/h2-9,12-13,17-18H,10-11,14-16H2,1H3,(H,28,30). The van der Waals surface area contributed by atoms with Gasteiger partial charge >= 0.3 is 0 Å². The lowest BCUT2D eigenvalue weighted by Crippen LogP contribution is -2.37. The van der Waals surface area contributed by atoms with Gasteiger partial charge in [-0.2, -0.15) is 4.31 Å². The van der Waals surface area contributed by atoms with Crippen molar-refractivity contribution < 1.29 is 13.2 Å². The molecule has 1 fully saturated rings. The van der Waals surface area contributed by atoms with E-state index in [-0.39, 0.29) is 15.5 Å². The first kappa shape index (κ1) is 23.4. The monoisotopic (exact) mass is 483 g/mol. The van der Waals surface area contributed by atoms with Crippen LogP contribution in [0.5, 0.6) is 0 Å². The number of carbonyl (C=O) groups excluding carboxylic acids is 1. The van der Waals surface area contributed by atoms with E-state index in [0.717, 1.165) is 30.4 Å². The van der Waals surface area contributed by atoms with Crippen molar-refractivity contribution in [2.24, 2.45) is 5.92 Å². The average Bonchev–Trinajstić information content (AvgIpc) is 2.81. The Labute approximate surface area is 199 Å². The van der Waals surface area contributed by atoms with Crippen LogP contribution in [0.1, 0.15) is 41.3 Å². The molecule has 1 N–H and O–H groups in total. The molecule has 172 valence electrons. The normalized spacial score (nSPS) is 15.3. The Morgan fingerprint density at radius 1 is 1.03 bits per heavy atom. The van der Waals surface area contributed by atoms with Gasteiger partial charge in [0.25, 0.3) is 5.91 Å². The number of aromatic nitrogens is 1. The molecule has 0 unspecified atom stereocenters. The molecule has 0 bridgehead atoms. The average molecular weight is 484 g/mol. The number of rotatable bonds is 6. The summed E-state index contributed by atoms with van der Waals surface area (Å²) in [4.78, 5) is 17.0. The Morgan fingerprint density at radius 2 is 1.67 bits per heavy atom. The zero-order chi connectivity index (χ0) is 23.4. The molecule has 0 aliphatic carbocycles. The molecule has 4 rings (SSSR count). The van der Waals surface area contributed by atoms with Crippen LogP contribution in [0.4, 0.5) is 5.69 Å². The second-order valence-electron chi connectivity index (χ2n) is 8.41. The van der Waals surface area contributed by atoms with Crippen molar-refractivity contribution >= 4 is 33.2 Å². The fourth-order valence-corrected chi connectivity index (χ4v) is 5.55. The zero-order valence-electron chi connectivity index (χ0n) is 18.4. The van der Waals surface area contributed by atoms with Gasteiger partial charge in [-0.25, -0.2) is 8.42 Å². The van der Waals surface area contributed by atoms with E-state index in [1.165, 1.54) is 22.5 Å². The SMILES string of the molecule is CC1CCN(S(=O)(=O)c2ccc(Cl)c(C(=O)Nc3ccc(Cc4ccncc4)cc3)c2)CC1. The number of nitrogens with zero attached hydrogens (tertiary/aromatic N) is 2. The fourth-order valence-electron chi connectivity index (χ4n) is 3.85. The van der Waals surface area contributed by atoms with Crippen molar-refractivity contribution in [3.05, 3.63) is 88.7 Å². The Bertz CT molecular complexity index is 1220. The molecule has 1 amide bonds. The molecule has 2 heterocycles. The highest BCUT2D eigenvalue weighted by Gasteiger charge is 2.29. The van der Waals surface area contributed by atoms with Gasteiger partial charge in [0.05, 0.1) is 15.5 Å². The highest BCUT2D eigenvalue weighted by molar-refractivity contribution is 7.89. The van der Waals surface area contributed by atoms with Crippen LogP contribution in [-0.2, 0) is 16.4 Å². The summed E-state index contributed by atoms with van der Waals surface area (Å²) in [5.74, 6) is 0.0605. The van der Waals surface area contributed by atoms with E-state index in [1.54, 1.807) is 12.4 Å². The van der Waals surface area contributed by atoms with Crippen LogP contribution in [0, 0.1) is 5.92 Å². The van der Waals surface area contributed by atoms with Crippen molar-refractivity contribution in [2.75, 3.05) is 18.4 Å². The van der Waals surface area contributed by atoms with E-state index < -0.39 is 15.9 Å². The number of piperidine rings is 1. The second-order valence-corrected chi connectivity index (χ2v) is 10.8. The quantitative estimate of drug-likeness (QED) is 0.535. The first-order valence-corrected chi connectivity index (χ1v) is 12.7. The molecule has 0 spiro atoms. The summed E-state index contributed by atoms with van der Waals surface area (Å²) in [6, 6.07) is 15.7. The van der Waals surface area contributed by atoms with Crippen LogP contribution in [0.3, 0.4) is 0 Å². The molecule has 0 radical (unpaired) electrons.